The van der Waals surface area contributed by atoms with Gasteiger partial charge in [-0.3, -0.25) is 14.6 Å². The average molecular weight is 432 g/mol. The molecule has 0 aliphatic carbocycles. The van der Waals surface area contributed by atoms with Gasteiger partial charge in [0.1, 0.15) is 5.75 Å². The molecule has 4 rings (SSSR count). The number of ether oxygens (including phenoxy) is 2. The Labute approximate surface area is 178 Å². The Bertz CT molecular complexity index is 960. The molecule has 1 saturated heterocycles. The van der Waals surface area contributed by atoms with Gasteiger partial charge in [-0.05, 0) is 30.3 Å². The first-order valence-electron chi connectivity index (χ1n) is 9.53. The van der Waals surface area contributed by atoms with Gasteiger partial charge >= 0.3 is 0 Å². The molecule has 0 bridgehead atoms. The second-order valence-electron chi connectivity index (χ2n) is 6.71. The van der Waals surface area contributed by atoms with E-state index in [1.165, 1.54) is 11.3 Å². The van der Waals surface area contributed by atoms with Crippen molar-refractivity contribution in [3.8, 4) is 5.75 Å². The molecule has 6 nitrogen and oxygen atoms in total. The van der Waals surface area contributed by atoms with Crippen LogP contribution in [0.25, 0.3) is 10.2 Å². The number of benzene rings is 2. The van der Waals surface area contributed by atoms with E-state index in [4.69, 9.17) is 21.1 Å². The lowest BCUT2D eigenvalue weighted by Gasteiger charge is -2.29. The summed E-state index contributed by atoms with van der Waals surface area (Å²) < 4.78 is 12.1. The molecule has 0 saturated carbocycles. The zero-order valence-electron chi connectivity index (χ0n) is 15.9. The first-order chi connectivity index (χ1) is 14.2. The van der Waals surface area contributed by atoms with Gasteiger partial charge < -0.3 is 9.47 Å². The summed E-state index contributed by atoms with van der Waals surface area (Å²) in [5.41, 5.74) is 0.836. The number of para-hydroxylation sites is 1. The first-order valence-corrected chi connectivity index (χ1v) is 10.7. The minimum absolute atomic E-state index is 0.0379. The molecule has 1 aliphatic rings. The Hall–Kier alpha value is -2.19. The minimum Gasteiger partial charge on any atom is -0.484 e. The van der Waals surface area contributed by atoms with Gasteiger partial charge in [0, 0.05) is 31.2 Å². The summed E-state index contributed by atoms with van der Waals surface area (Å²) in [6.07, 6.45) is 0. The molecule has 0 spiro atoms. The Balaban J connectivity index is 1.51. The van der Waals surface area contributed by atoms with Gasteiger partial charge in [-0.15, -0.1) is 0 Å². The van der Waals surface area contributed by atoms with Crippen LogP contribution < -0.4 is 9.64 Å². The molecular weight excluding hydrogens is 410 g/mol. The van der Waals surface area contributed by atoms with Crippen LogP contribution in [-0.4, -0.2) is 61.8 Å². The van der Waals surface area contributed by atoms with Crippen LogP contribution in [-0.2, 0) is 9.53 Å². The third-order valence-corrected chi connectivity index (χ3v) is 6.00. The van der Waals surface area contributed by atoms with Gasteiger partial charge in [0.2, 0.25) is 0 Å². The third kappa shape index (κ3) is 5.25. The number of hydrogen-bond acceptors (Lipinski definition) is 6. The number of rotatable bonds is 7. The Kier molecular flexibility index (Phi) is 6.61. The van der Waals surface area contributed by atoms with Crippen LogP contribution in [0.2, 0.25) is 5.02 Å². The maximum atomic E-state index is 13.0. The number of morpholine rings is 1. The molecular formula is C21H22ClN3O3S. The van der Waals surface area contributed by atoms with Crippen molar-refractivity contribution >= 4 is 44.2 Å². The van der Waals surface area contributed by atoms with E-state index in [1.54, 1.807) is 4.90 Å². The predicted octanol–water partition coefficient (Wildman–Crippen LogP) is 3.69. The van der Waals surface area contributed by atoms with Crippen LogP contribution in [0, 0.1) is 0 Å². The molecule has 0 N–H and O–H groups in total. The lowest BCUT2D eigenvalue weighted by atomic mass is 10.3. The standard InChI is InChI=1S/C21H22ClN3O3S/c22-16-6-7-18-19(14-16)29-21(23-18)25(9-8-24-10-12-27-13-11-24)20(26)15-28-17-4-2-1-3-5-17/h1-7,14H,8-13,15H2. The van der Waals surface area contributed by atoms with Crippen molar-refractivity contribution in [2.24, 2.45) is 0 Å². The summed E-state index contributed by atoms with van der Waals surface area (Å²) in [6, 6.07) is 14.9. The molecule has 2 aromatic carbocycles. The molecule has 0 radical (unpaired) electrons. The lowest BCUT2D eigenvalue weighted by molar-refractivity contribution is -0.120. The van der Waals surface area contributed by atoms with Crippen molar-refractivity contribution in [2.45, 2.75) is 0 Å². The number of aromatic nitrogens is 1. The molecule has 1 aromatic heterocycles. The van der Waals surface area contributed by atoms with Crippen molar-refractivity contribution in [2.75, 3.05) is 50.9 Å². The normalized spacial score (nSPS) is 14.8. The Morgan fingerprint density at radius 2 is 2.00 bits per heavy atom. The third-order valence-electron chi connectivity index (χ3n) is 4.72. The van der Waals surface area contributed by atoms with Gasteiger partial charge in [0.05, 0.1) is 23.4 Å². The van der Waals surface area contributed by atoms with Gasteiger partial charge in [0.25, 0.3) is 5.91 Å². The highest BCUT2D eigenvalue weighted by Crippen LogP contribution is 2.31. The quantitative estimate of drug-likeness (QED) is 0.571. The SMILES string of the molecule is O=C(COc1ccccc1)N(CCN1CCOCC1)c1nc2ccc(Cl)cc2s1. The molecule has 2 heterocycles. The van der Waals surface area contributed by atoms with Crippen LogP contribution in [0.15, 0.2) is 48.5 Å². The van der Waals surface area contributed by atoms with Crippen LogP contribution in [0.3, 0.4) is 0 Å². The van der Waals surface area contributed by atoms with E-state index in [2.05, 4.69) is 9.88 Å². The number of halogens is 1. The number of carbonyl (C=O) groups excluding carboxylic acids is 1. The van der Waals surface area contributed by atoms with E-state index < -0.39 is 0 Å². The molecule has 0 atom stereocenters. The smallest absolute Gasteiger partial charge is 0.266 e. The topological polar surface area (TPSA) is 54.9 Å². The van der Waals surface area contributed by atoms with E-state index in [-0.39, 0.29) is 12.5 Å². The van der Waals surface area contributed by atoms with Gasteiger partial charge in [-0.1, -0.05) is 41.1 Å². The fraction of sp³-hybridized carbons (Fsp3) is 0.333. The summed E-state index contributed by atoms with van der Waals surface area (Å²) in [5.74, 6) is 0.553. The van der Waals surface area contributed by atoms with Gasteiger partial charge in [-0.25, -0.2) is 4.98 Å². The van der Waals surface area contributed by atoms with Crippen molar-refractivity contribution in [1.29, 1.82) is 0 Å². The van der Waals surface area contributed by atoms with E-state index in [1.807, 2.05) is 48.5 Å². The zero-order valence-corrected chi connectivity index (χ0v) is 17.5. The van der Waals surface area contributed by atoms with Crippen molar-refractivity contribution in [3.05, 3.63) is 53.6 Å². The molecule has 29 heavy (non-hydrogen) atoms. The molecule has 0 unspecified atom stereocenters. The summed E-state index contributed by atoms with van der Waals surface area (Å²) in [5, 5.41) is 1.32. The number of anilines is 1. The largest absolute Gasteiger partial charge is 0.484 e. The van der Waals surface area contributed by atoms with Crippen LogP contribution in [0.5, 0.6) is 5.75 Å². The maximum Gasteiger partial charge on any atom is 0.266 e. The summed E-state index contributed by atoms with van der Waals surface area (Å²) in [4.78, 5) is 21.7. The van der Waals surface area contributed by atoms with E-state index in [0.29, 0.717) is 22.4 Å². The Morgan fingerprint density at radius 1 is 1.21 bits per heavy atom. The van der Waals surface area contributed by atoms with Crippen molar-refractivity contribution < 1.29 is 14.3 Å². The minimum atomic E-state index is -0.118. The second kappa shape index (κ2) is 9.54. The number of carbonyl (C=O) groups is 1. The fourth-order valence-corrected chi connectivity index (χ4v) is 4.42. The number of nitrogens with zero attached hydrogens (tertiary/aromatic N) is 3. The Morgan fingerprint density at radius 3 is 2.79 bits per heavy atom. The van der Waals surface area contributed by atoms with E-state index in [0.717, 1.165) is 43.1 Å². The van der Waals surface area contributed by atoms with E-state index in [9.17, 15) is 4.79 Å². The summed E-state index contributed by atoms with van der Waals surface area (Å²) in [6.45, 7) is 4.47. The predicted molar refractivity (Wildman–Crippen MR) is 116 cm³/mol. The monoisotopic (exact) mass is 431 g/mol. The molecule has 1 fully saturated rings. The molecule has 3 aromatic rings. The van der Waals surface area contributed by atoms with Gasteiger partial charge in [0.15, 0.2) is 11.7 Å². The molecule has 152 valence electrons. The summed E-state index contributed by atoms with van der Waals surface area (Å²) in [7, 11) is 0. The number of fused-ring (bicyclic) bond motifs is 1. The first kappa shape index (κ1) is 20.1. The molecule has 1 aliphatic heterocycles. The summed E-state index contributed by atoms with van der Waals surface area (Å²) >= 11 is 7.58. The average Bonchev–Trinajstić information content (AvgIpc) is 3.16. The van der Waals surface area contributed by atoms with Crippen LogP contribution >= 0.6 is 22.9 Å². The van der Waals surface area contributed by atoms with Crippen molar-refractivity contribution in [3.63, 3.8) is 0 Å². The maximum absolute atomic E-state index is 13.0. The number of hydrogen-bond donors (Lipinski definition) is 0. The highest BCUT2D eigenvalue weighted by Gasteiger charge is 2.22. The van der Waals surface area contributed by atoms with Crippen LogP contribution in [0.1, 0.15) is 0 Å². The number of thiazole rings is 1. The highest BCUT2D eigenvalue weighted by atomic mass is 35.5. The fourth-order valence-electron chi connectivity index (χ4n) is 3.13. The second-order valence-corrected chi connectivity index (χ2v) is 8.16. The zero-order chi connectivity index (χ0) is 20.1. The molecule has 8 heteroatoms. The number of amides is 1. The lowest BCUT2D eigenvalue weighted by Crippen LogP contribution is -2.44. The molecule has 1 amide bonds. The van der Waals surface area contributed by atoms with E-state index >= 15 is 0 Å². The van der Waals surface area contributed by atoms with Gasteiger partial charge in [-0.2, -0.15) is 0 Å². The highest BCUT2D eigenvalue weighted by molar-refractivity contribution is 7.22. The van der Waals surface area contributed by atoms with Crippen molar-refractivity contribution in [1.82, 2.24) is 9.88 Å². The van der Waals surface area contributed by atoms with Crippen LogP contribution in [0.4, 0.5) is 5.13 Å².